The van der Waals surface area contributed by atoms with Crippen molar-refractivity contribution in [3.63, 3.8) is 0 Å². The van der Waals surface area contributed by atoms with Crippen LogP contribution in [0.1, 0.15) is 19.4 Å². The summed E-state index contributed by atoms with van der Waals surface area (Å²) in [7, 11) is 0. The van der Waals surface area contributed by atoms with E-state index in [0.29, 0.717) is 5.82 Å². The number of nitrogens with one attached hydrogen (secondary N) is 1. The minimum Gasteiger partial charge on any atom is -0.368 e. The summed E-state index contributed by atoms with van der Waals surface area (Å²) in [6.07, 6.45) is 1.69. The first-order chi connectivity index (χ1) is 7.41. The first-order valence-corrected chi connectivity index (χ1v) is 5.89. The molecule has 0 fully saturated rings. The third-order valence-corrected chi connectivity index (χ3v) is 2.74. The summed E-state index contributed by atoms with van der Waals surface area (Å²) in [4.78, 5) is 15.5. The van der Waals surface area contributed by atoms with Crippen LogP contribution < -0.4 is 11.1 Å². The summed E-state index contributed by atoms with van der Waals surface area (Å²) >= 11 is 3.34. The van der Waals surface area contributed by atoms with Gasteiger partial charge in [-0.15, -0.1) is 0 Å². The molecule has 1 aromatic rings. The smallest absolute Gasteiger partial charge is 0.240 e. The van der Waals surface area contributed by atoms with Gasteiger partial charge in [0.15, 0.2) is 0 Å². The average Bonchev–Trinajstić information content (AvgIpc) is 2.15. The van der Waals surface area contributed by atoms with E-state index in [-0.39, 0.29) is 11.8 Å². The van der Waals surface area contributed by atoms with Gasteiger partial charge >= 0.3 is 0 Å². The number of aryl methyl sites for hydroxylation is 1. The Morgan fingerprint density at radius 3 is 2.62 bits per heavy atom. The van der Waals surface area contributed by atoms with Crippen molar-refractivity contribution in [1.82, 2.24) is 4.98 Å². The fourth-order valence-corrected chi connectivity index (χ4v) is 1.85. The topological polar surface area (TPSA) is 68.0 Å². The van der Waals surface area contributed by atoms with Crippen LogP contribution in [-0.4, -0.2) is 16.9 Å². The first-order valence-electron chi connectivity index (χ1n) is 5.09. The molecule has 0 saturated heterocycles. The summed E-state index contributed by atoms with van der Waals surface area (Å²) in [5.74, 6) is 0.460. The lowest BCUT2D eigenvalue weighted by Gasteiger charge is -2.20. The molecule has 1 heterocycles. The molecule has 1 unspecified atom stereocenters. The highest BCUT2D eigenvalue weighted by Crippen LogP contribution is 2.18. The van der Waals surface area contributed by atoms with Crippen LogP contribution in [0.2, 0.25) is 0 Å². The van der Waals surface area contributed by atoms with Gasteiger partial charge in [0.1, 0.15) is 11.9 Å². The van der Waals surface area contributed by atoms with Crippen LogP contribution in [-0.2, 0) is 4.79 Å². The summed E-state index contributed by atoms with van der Waals surface area (Å²) < 4.78 is 0.913. The zero-order chi connectivity index (χ0) is 12.3. The molecule has 1 atom stereocenters. The van der Waals surface area contributed by atoms with Gasteiger partial charge in [-0.2, -0.15) is 0 Å². The predicted octanol–water partition coefficient (Wildman–Crippen LogP) is 2.07. The Kier molecular flexibility index (Phi) is 4.29. The maximum Gasteiger partial charge on any atom is 0.240 e. The van der Waals surface area contributed by atoms with Gasteiger partial charge in [-0.05, 0) is 40.4 Å². The van der Waals surface area contributed by atoms with Crippen molar-refractivity contribution in [1.29, 1.82) is 0 Å². The zero-order valence-electron chi connectivity index (χ0n) is 9.62. The number of carbonyl (C=O) groups excluding carboxylic acids is 1. The molecular weight excluding hydrogens is 270 g/mol. The van der Waals surface area contributed by atoms with Crippen molar-refractivity contribution in [2.24, 2.45) is 11.7 Å². The molecule has 0 radical (unpaired) electrons. The highest BCUT2D eigenvalue weighted by atomic mass is 79.9. The Morgan fingerprint density at radius 2 is 2.19 bits per heavy atom. The number of nitrogens with zero attached hydrogens (tertiary/aromatic N) is 1. The molecule has 0 bridgehead atoms. The molecule has 0 aromatic carbocycles. The molecule has 0 aliphatic heterocycles. The molecule has 3 N–H and O–H groups in total. The van der Waals surface area contributed by atoms with Gasteiger partial charge in [0.05, 0.1) is 0 Å². The Morgan fingerprint density at radius 1 is 1.56 bits per heavy atom. The lowest BCUT2D eigenvalue weighted by Crippen LogP contribution is -2.39. The molecule has 0 saturated carbocycles. The van der Waals surface area contributed by atoms with E-state index in [4.69, 9.17) is 5.73 Å². The molecule has 16 heavy (non-hydrogen) atoms. The summed E-state index contributed by atoms with van der Waals surface area (Å²) in [6.45, 7) is 5.81. The number of amides is 1. The van der Waals surface area contributed by atoms with Crippen LogP contribution in [0.25, 0.3) is 0 Å². The van der Waals surface area contributed by atoms with E-state index < -0.39 is 6.04 Å². The van der Waals surface area contributed by atoms with E-state index in [1.807, 2.05) is 26.8 Å². The van der Waals surface area contributed by atoms with Gasteiger partial charge in [-0.1, -0.05) is 13.8 Å². The molecule has 1 rings (SSSR count). The van der Waals surface area contributed by atoms with Crippen LogP contribution in [0.5, 0.6) is 0 Å². The van der Waals surface area contributed by atoms with Gasteiger partial charge in [0, 0.05) is 10.7 Å². The van der Waals surface area contributed by atoms with E-state index in [2.05, 4.69) is 26.2 Å². The summed E-state index contributed by atoms with van der Waals surface area (Å²) in [5.41, 5.74) is 6.30. The molecule has 4 nitrogen and oxygen atoms in total. The minimum absolute atomic E-state index is 0.127. The summed E-state index contributed by atoms with van der Waals surface area (Å²) in [5, 5.41) is 3.07. The van der Waals surface area contributed by atoms with Gasteiger partial charge in [-0.3, -0.25) is 4.79 Å². The van der Waals surface area contributed by atoms with Gasteiger partial charge in [0.2, 0.25) is 5.91 Å². The average molecular weight is 286 g/mol. The minimum atomic E-state index is -0.396. The number of hydrogen-bond donors (Lipinski definition) is 2. The number of pyridine rings is 1. The number of aromatic nitrogens is 1. The van der Waals surface area contributed by atoms with E-state index in [1.54, 1.807) is 6.20 Å². The van der Waals surface area contributed by atoms with Crippen LogP contribution in [0, 0.1) is 12.8 Å². The maximum absolute atomic E-state index is 11.2. The number of nitrogens with two attached hydrogens (primary N) is 1. The van der Waals surface area contributed by atoms with Gasteiger partial charge in [-0.25, -0.2) is 4.98 Å². The highest BCUT2D eigenvalue weighted by molar-refractivity contribution is 9.10. The Bertz CT molecular complexity index is 393. The van der Waals surface area contributed by atoms with Crippen molar-refractivity contribution >= 4 is 27.7 Å². The molecule has 5 heteroatoms. The molecular formula is C11H16BrN3O. The molecule has 0 aliphatic rings. The van der Waals surface area contributed by atoms with Crippen LogP contribution in [0.3, 0.4) is 0 Å². The lowest BCUT2D eigenvalue weighted by molar-refractivity contribution is -0.119. The molecule has 1 amide bonds. The SMILES string of the molecule is Cc1cc(Br)cnc1NC(C(N)=O)C(C)C. The monoisotopic (exact) mass is 285 g/mol. The van der Waals surface area contributed by atoms with Crippen LogP contribution in [0.4, 0.5) is 5.82 Å². The normalized spacial score (nSPS) is 12.6. The highest BCUT2D eigenvalue weighted by Gasteiger charge is 2.20. The van der Waals surface area contributed by atoms with Gasteiger partial charge in [0.25, 0.3) is 0 Å². The number of anilines is 1. The van der Waals surface area contributed by atoms with Crippen molar-refractivity contribution in [2.75, 3.05) is 5.32 Å². The quantitative estimate of drug-likeness (QED) is 0.890. The fourth-order valence-electron chi connectivity index (χ4n) is 1.41. The molecule has 0 aliphatic carbocycles. The van der Waals surface area contributed by atoms with Crippen molar-refractivity contribution < 1.29 is 4.79 Å². The molecule has 0 spiro atoms. The van der Waals surface area contributed by atoms with E-state index >= 15 is 0 Å². The largest absolute Gasteiger partial charge is 0.368 e. The third kappa shape index (κ3) is 3.20. The standard InChI is InChI=1S/C11H16BrN3O/c1-6(2)9(10(13)16)15-11-7(3)4-8(12)5-14-11/h4-6,9H,1-3H3,(H2,13,16)(H,14,15). The van der Waals surface area contributed by atoms with Crippen LogP contribution >= 0.6 is 15.9 Å². The fraction of sp³-hybridized carbons (Fsp3) is 0.455. The lowest BCUT2D eigenvalue weighted by atomic mass is 10.0. The van der Waals surface area contributed by atoms with E-state index in [9.17, 15) is 4.79 Å². The van der Waals surface area contributed by atoms with E-state index in [0.717, 1.165) is 10.0 Å². The molecule has 1 aromatic heterocycles. The van der Waals surface area contributed by atoms with Crippen molar-refractivity contribution in [2.45, 2.75) is 26.8 Å². The second kappa shape index (κ2) is 5.30. The van der Waals surface area contributed by atoms with Gasteiger partial charge < -0.3 is 11.1 Å². The van der Waals surface area contributed by atoms with Crippen LogP contribution in [0.15, 0.2) is 16.7 Å². The maximum atomic E-state index is 11.2. The Balaban J connectivity index is 2.90. The van der Waals surface area contributed by atoms with Crippen molar-refractivity contribution in [3.8, 4) is 0 Å². The summed E-state index contributed by atoms with van der Waals surface area (Å²) in [6, 6.07) is 1.54. The number of primary amides is 1. The number of hydrogen-bond acceptors (Lipinski definition) is 3. The number of halogens is 1. The number of rotatable bonds is 4. The van der Waals surface area contributed by atoms with Crippen molar-refractivity contribution in [3.05, 3.63) is 22.3 Å². The third-order valence-electron chi connectivity index (χ3n) is 2.31. The Hall–Kier alpha value is -1.10. The second-order valence-corrected chi connectivity index (χ2v) is 5.00. The Labute approximate surface area is 104 Å². The number of carbonyl (C=O) groups is 1. The molecule has 88 valence electrons. The second-order valence-electron chi connectivity index (χ2n) is 4.09. The van der Waals surface area contributed by atoms with E-state index in [1.165, 1.54) is 0 Å². The first kappa shape index (κ1) is 13.0. The predicted molar refractivity (Wildman–Crippen MR) is 68.1 cm³/mol. The zero-order valence-corrected chi connectivity index (χ0v) is 11.2.